The molecule has 1 aromatic heterocycles. The van der Waals surface area contributed by atoms with Gasteiger partial charge in [-0.05, 0) is 5.56 Å². The van der Waals surface area contributed by atoms with Crippen LogP contribution < -0.4 is 5.32 Å². The predicted octanol–water partition coefficient (Wildman–Crippen LogP) is 3.84. The molecule has 0 saturated carbocycles. The first-order valence-electron chi connectivity index (χ1n) is 6.04. The lowest BCUT2D eigenvalue weighted by Gasteiger charge is -2.10. The summed E-state index contributed by atoms with van der Waals surface area (Å²) in [5.41, 5.74) is 0.368. The monoisotopic (exact) mass is 340 g/mol. The van der Waals surface area contributed by atoms with Crippen LogP contribution in [0.1, 0.15) is 16.1 Å². The molecule has 0 aliphatic carbocycles. The molecule has 0 atom stereocenters. The van der Waals surface area contributed by atoms with E-state index in [1.54, 1.807) is 12.1 Å². The third kappa shape index (κ3) is 4.09. The molecular weight excluding hydrogens is 331 g/mol. The Morgan fingerprint density at radius 2 is 1.91 bits per heavy atom. The second kappa shape index (κ2) is 7.11. The molecular formula is C14H10Cl2N2O4. The van der Waals surface area contributed by atoms with Crippen LogP contribution in [-0.2, 0) is 11.3 Å². The number of nitrogens with zero attached hydrogens (tertiary/aromatic N) is 1. The summed E-state index contributed by atoms with van der Waals surface area (Å²) in [6, 6.07) is 10.3. The van der Waals surface area contributed by atoms with Gasteiger partial charge in [0.2, 0.25) is 0 Å². The zero-order valence-corrected chi connectivity index (χ0v) is 12.6. The van der Waals surface area contributed by atoms with Crippen LogP contribution >= 0.6 is 23.2 Å². The average molecular weight is 341 g/mol. The van der Waals surface area contributed by atoms with Gasteiger partial charge in [-0.3, -0.25) is 5.32 Å². The number of hydrogen-bond acceptors (Lipinski definition) is 4. The van der Waals surface area contributed by atoms with Crippen molar-refractivity contribution in [2.75, 3.05) is 5.32 Å². The molecule has 1 heterocycles. The van der Waals surface area contributed by atoms with Gasteiger partial charge >= 0.3 is 12.1 Å². The van der Waals surface area contributed by atoms with Gasteiger partial charge in [-0.15, -0.1) is 0 Å². The van der Waals surface area contributed by atoms with Crippen LogP contribution in [0.4, 0.5) is 10.5 Å². The van der Waals surface area contributed by atoms with Crippen LogP contribution in [0.25, 0.3) is 0 Å². The topological polar surface area (TPSA) is 88.5 Å². The molecule has 0 saturated heterocycles. The molecule has 0 aliphatic rings. The minimum atomic E-state index is -1.35. The lowest BCUT2D eigenvalue weighted by Crippen LogP contribution is -2.15. The van der Waals surface area contributed by atoms with Crippen LogP contribution in [0.2, 0.25) is 10.2 Å². The van der Waals surface area contributed by atoms with E-state index in [-0.39, 0.29) is 22.5 Å². The minimum Gasteiger partial charge on any atom is -0.476 e. The Bertz CT molecular complexity index is 707. The van der Waals surface area contributed by atoms with Crippen molar-refractivity contribution in [1.82, 2.24) is 4.98 Å². The van der Waals surface area contributed by atoms with Gasteiger partial charge in [0, 0.05) is 6.07 Å². The maximum Gasteiger partial charge on any atom is 0.412 e. The molecule has 22 heavy (non-hydrogen) atoms. The fourth-order valence-corrected chi connectivity index (χ4v) is 2.02. The van der Waals surface area contributed by atoms with Gasteiger partial charge in [-0.2, -0.15) is 0 Å². The Balaban J connectivity index is 2.07. The fraction of sp³-hybridized carbons (Fsp3) is 0.0714. The fourth-order valence-electron chi connectivity index (χ4n) is 1.60. The largest absolute Gasteiger partial charge is 0.476 e. The summed E-state index contributed by atoms with van der Waals surface area (Å²) < 4.78 is 5.01. The van der Waals surface area contributed by atoms with Gasteiger partial charge in [-0.1, -0.05) is 53.5 Å². The van der Waals surface area contributed by atoms with Crippen LogP contribution in [0.3, 0.4) is 0 Å². The molecule has 0 fully saturated rings. The average Bonchev–Trinajstić information content (AvgIpc) is 2.49. The summed E-state index contributed by atoms with van der Waals surface area (Å²) in [6.07, 6.45) is -0.788. The Morgan fingerprint density at radius 3 is 2.55 bits per heavy atom. The molecule has 2 N–H and O–H groups in total. The first kappa shape index (κ1) is 16.1. The van der Waals surface area contributed by atoms with E-state index in [4.69, 9.17) is 33.0 Å². The zero-order chi connectivity index (χ0) is 16.1. The van der Waals surface area contributed by atoms with Gasteiger partial charge in [-0.25, -0.2) is 14.6 Å². The van der Waals surface area contributed by atoms with E-state index in [1.165, 1.54) is 6.07 Å². The van der Waals surface area contributed by atoms with E-state index in [2.05, 4.69) is 10.3 Å². The smallest absolute Gasteiger partial charge is 0.412 e. The number of carbonyl (C=O) groups is 2. The number of aromatic carboxylic acids is 1. The standard InChI is InChI=1S/C14H10Cl2N2O4/c15-10-6-9(11(16)12(18-10)13(19)20)17-14(21)22-7-8-4-2-1-3-5-8/h1-6H,7H2,(H,19,20)(H,17,18,21). The van der Waals surface area contributed by atoms with Gasteiger partial charge in [0.15, 0.2) is 5.69 Å². The van der Waals surface area contributed by atoms with Gasteiger partial charge in [0.25, 0.3) is 0 Å². The van der Waals surface area contributed by atoms with Crippen molar-refractivity contribution >= 4 is 41.0 Å². The predicted molar refractivity (Wildman–Crippen MR) is 81.5 cm³/mol. The third-order valence-corrected chi connectivity index (χ3v) is 3.15. The molecule has 0 bridgehead atoms. The number of carboxylic acid groups (broad SMARTS) is 1. The number of aromatic nitrogens is 1. The first-order chi connectivity index (χ1) is 10.5. The van der Waals surface area contributed by atoms with Crippen molar-refractivity contribution < 1.29 is 19.4 Å². The highest BCUT2D eigenvalue weighted by molar-refractivity contribution is 6.37. The minimum absolute atomic E-state index is 0.0112. The van der Waals surface area contributed by atoms with E-state index in [1.807, 2.05) is 18.2 Å². The number of nitrogens with one attached hydrogen (secondary N) is 1. The Kier molecular flexibility index (Phi) is 5.19. The molecule has 0 unspecified atom stereocenters. The van der Waals surface area contributed by atoms with E-state index in [9.17, 15) is 9.59 Å². The lowest BCUT2D eigenvalue weighted by molar-refractivity contribution is 0.0690. The molecule has 1 aromatic carbocycles. The molecule has 0 spiro atoms. The number of amides is 1. The highest BCUT2D eigenvalue weighted by atomic mass is 35.5. The molecule has 8 heteroatoms. The number of rotatable bonds is 4. The van der Waals surface area contributed by atoms with Crippen molar-refractivity contribution in [3.63, 3.8) is 0 Å². The molecule has 114 valence electrons. The molecule has 1 amide bonds. The maximum atomic E-state index is 11.7. The van der Waals surface area contributed by atoms with E-state index < -0.39 is 17.8 Å². The first-order valence-corrected chi connectivity index (χ1v) is 6.80. The molecule has 0 radical (unpaired) electrons. The Hall–Kier alpha value is -2.31. The van der Waals surface area contributed by atoms with Crippen LogP contribution in [0.5, 0.6) is 0 Å². The third-order valence-electron chi connectivity index (χ3n) is 2.58. The highest BCUT2D eigenvalue weighted by Gasteiger charge is 2.18. The van der Waals surface area contributed by atoms with Crippen LogP contribution in [-0.4, -0.2) is 22.2 Å². The summed E-state index contributed by atoms with van der Waals surface area (Å²) in [5.74, 6) is -1.35. The van der Waals surface area contributed by atoms with Crippen molar-refractivity contribution in [2.45, 2.75) is 6.61 Å². The molecule has 2 rings (SSSR count). The number of carbonyl (C=O) groups excluding carboxylic acids is 1. The second-order valence-corrected chi connectivity index (χ2v) is 4.91. The lowest BCUT2D eigenvalue weighted by atomic mass is 10.2. The molecule has 2 aromatic rings. The van der Waals surface area contributed by atoms with Crippen molar-refractivity contribution in [2.24, 2.45) is 0 Å². The summed E-state index contributed by atoms with van der Waals surface area (Å²) >= 11 is 11.6. The van der Waals surface area contributed by atoms with Crippen molar-refractivity contribution in [3.8, 4) is 0 Å². The van der Waals surface area contributed by atoms with Crippen molar-refractivity contribution in [3.05, 3.63) is 57.8 Å². The number of pyridine rings is 1. The number of benzene rings is 1. The van der Waals surface area contributed by atoms with E-state index in [0.29, 0.717) is 0 Å². The van der Waals surface area contributed by atoms with E-state index >= 15 is 0 Å². The molecule has 6 nitrogen and oxygen atoms in total. The number of hydrogen-bond donors (Lipinski definition) is 2. The van der Waals surface area contributed by atoms with E-state index in [0.717, 1.165) is 5.56 Å². The summed E-state index contributed by atoms with van der Waals surface area (Å²) in [6.45, 7) is 0.0644. The number of carboxylic acids is 1. The number of ether oxygens (including phenoxy) is 1. The second-order valence-electron chi connectivity index (χ2n) is 4.15. The number of halogens is 2. The SMILES string of the molecule is O=C(Nc1cc(Cl)nc(C(=O)O)c1Cl)OCc1ccccc1. The number of anilines is 1. The summed E-state index contributed by atoms with van der Waals surface area (Å²) in [5, 5.41) is 10.9. The zero-order valence-electron chi connectivity index (χ0n) is 11.0. The van der Waals surface area contributed by atoms with Gasteiger partial charge in [0.1, 0.15) is 11.8 Å². The highest BCUT2D eigenvalue weighted by Crippen LogP contribution is 2.28. The summed E-state index contributed by atoms with van der Waals surface area (Å²) in [7, 11) is 0. The van der Waals surface area contributed by atoms with Gasteiger partial charge in [0.05, 0.1) is 10.7 Å². The van der Waals surface area contributed by atoms with Gasteiger partial charge < -0.3 is 9.84 Å². The maximum absolute atomic E-state index is 11.7. The van der Waals surface area contributed by atoms with Crippen molar-refractivity contribution in [1.29, 1.82) is 0 Å². The normalized spacial score (nSPS) is 10.1. The quantitative estimate of drug-likeness (QED) is 0.825. The Morgan fingerprint density at radius 1 is 1.23 bits per heavy atom. The summed E-state index contributed by atoms with van der Waals surface area (Å²) in [4.78, 5) is 26.3. The van der Waals surface area contributed by atoms with Crippen LogP contribution in [0, 0.1) is 0 Å². The van der Waals surface area contributed by atoms with Crippen LogP contribution in [0.15, 0.2) is 36.4 Å². The molecule has 0 aliphatic heterocycles. The Labute approximate surface area is 135 Å².